The number of ether oxygens (including phenoxy) is 1. The van der Waals surface area contributed by atoms with Crippen LogP contribution < -0.4 is 11.2 Å². The van der Waals surface area contributed by atoms with Crippen LogP contribution in [-0.2, 0) is 30.1 Å². The van der Waals surface area contributed by atoms with Crippen LogP contribution >= 0.6 is 6.72 Å². The molecule has 0 aromatic carbocycles. The van der Waals surface area contributed by atoms with Crippen LogP contribution in [0, 0.1) is 0 Å². The molecule has 2 aliphatic rings. The number of nitrogens with one attached hydrogen (secondary N) is 1. The zero-order valence-corrected chi connectivity index (χ0v) is 15.7. The molecular weight excluding hydrogens is 411 g/mol. The van der Waals surface area contributed by atoms with Crippen LogP contribution in [0.4, 0.5) is 8.78 Å². The number of hydrogen-bond acceptors (Lipinski definition) is 8. The lowest BCUT2D eigenvalue weighted by atomic mass is 10.1. The van der Waals surface area contributed by atoms with Crippen LogP contribution in [0.25, 0.3) is 10.4 Å². The first kappa shape index (κ1) is 20.1. The molecule has 1 N–H and O–H groups in total. The van der Waals surface area contributed by atoms with Crippen molar-refractivity contribution in [3.63, 3.8) is 0 Å². The summed E-state index contributed by atoms with van der Waals surface area (Å²) in [5.74, 6) is -3.87. The molecule has 0 spiro atoms. The maximum atomic E-state index is 15.1. The summed E-state index contributed by atoms with van der Waals surface area (Å²) in [5.41, 5.74) is 4.62. The summed E-state index contributed by atoms with van der Waals surface area (Å²) in [6.07, 6.45) is -4.04. The minimum atomic E-state index is -3.87. The largest absolute Gasteiger partial charge is 0.333 e. The molecule has 0 aliphatic carbocycles. The summed E-state index contributed by atoms with van der Waals surface area (Å²) in [7, 11) is 0. The Morgan fingerprint density at radius 3 is 2.85 bits per heavy atom. The Morgan fingerprint density at radius 2 is 2.26 bits per heavy atom. The highest BCUT2D eigenvalue weighted by Crippen LogP contribution is 2.63. The SMILES string of the molecule is CC(C)OP1(=S)OCC2(N=[N+]=[N-])O[C@@H](n3ccc(=O)[nH]c3=O)C(F)(F)[C@@H]2O1. The van der Waals surface area contributed by atoms with Gasteiger partial charge in [0.1, 0.15) is 0 Å². The summed E-state index contributed by atoms with van der Waals surface area (Å²) in [4.78, 5) is 27.5. The molecule has 1 aromatic heterocycles. The molecule has 3 rings (SSSR count). The molecule has 0 bridgehead atoms. The first-order valence-electron chi connectivity index (χ1n) is 7.58. The zero-order valence-electron chi connectivity index (χ0n) is 13.9. The molecule has 0 saturated carbocycles. The normalized spacial score (nSPS) is 34.9. The van der Waals surface area contributed by atoms with E-state index >= 15 is 8.78 Å². The molecule has 1 aromatic rings. The van der Waals surface area contributed by atoms with E-state index in [1.165, 1.54) is 0 Å². The smallest absolute Gasteiger partial charge is 0.330 e. The van der Waals surface area contributed by atoms with Gasteiger partial charge in [0, 0.05) is 17.2 Å². The van der Waals surface area contributed by atoms with Crippen LogP contribution in [0.15, 0.2) is 27.0 Å². The highest BCUT2D eigenvalue weighted by molar-refractivity contribution is 8.07. The lowest BCUT2D eigenvalue weighted by Crippen LogP contribution is -2.52. The molecule has 2 aliphatic heterocycles. The van der Waals surface area contributed by atoms with E-state index in [4.69, 9.17) is 35.6 Å². The van der Waals surface area contributed by atoms with E-state index in [2.05, 4.69) is 10.0 Å². The van der Waals surface area contributed by atoms with E-state index in [0.29, 0.717) is 4.57 Å². The topological polar surface area (TPSA) is 141 Å². The first-order valence-corrected chi connectivity index (χ1v) is 10.1. The summed E-state index contributed by atoms with van der Waals surface area (Å²) < 4.78 is 51.8. The monoisotopic (exact) mass is 425 g/mol. The fraction of sp³-hybridized carbons (Fsp3) is 0.667. The Hall–Kier alpha value is -1.66. The van der Waals surface area contributed by atoms with Gasteiger partial charge in [-0.25, -0.2) is 4.79 Å². The Bertz CT molecular complexity index is 962. The van der Waals surface area contributed by atoms with Gasteiger partial charge in [0.15, 0.2) is 6.10 Å². The minimum Gasteiger partial charge on any atom is -0.333 e. The van der Waals surface area contributed by atoms with Gasteiger partial charge in [0.25, 0.3) is 5.56 Å². The molecule has 2 unspecified atom stereocenters. The van der Waals surface area contributed by atoms with Crippen molar-refractivity contribution in [1.29, 1.82) is 0 Å². The Labute approximate surface area is 155 Å². The van der Waals surface area contributed by atoms with Crippen molar-refractivity contribution in [2.45, 2.75) is 43.9 Å². The number of nitrogens with zero attached hydrogens (tertiary/aromatic N) is 4. The molecule has 0 radical (unpaired) electrons. The number of fused-ring (bicyclic) bond motifs is 1. The van der Waals surface area contributed by atoms with Gasteiger partial charge in [-0.3, -0.25) is 18.9 Å². The molecule has 0 amide bonds. The zero-order chi connectivity index (χ0) is 20.0. The molecule has 2 saturated heterocycles. The van der Waals surface area contributed by atoms with Gasteiger partial charge in [-0.05, 0) is 31.2 Å². The van der Waals surface area contributed by atoms with Crippen molar-refractivity contribution in [3.05, 3.63) is 43.5 Å². The minimum absolute atomic E-state index is 0.463. The molecule has 15 heteroatoms. The lowest BCUT2D eigenvalue weighted by Gasteiger charge is -2.39. The highest BCUT2D eigenvalue weighted by Gasteiger charge is 2.71. The van der Waals surface area contributed by atoms with Gasteiger partial charge in [-0.15, -0.1) is 0 Å². The number of rotatable bonds is 4. The van der Waals surface area contributed by atoms with Gasteiger partial charge in [-0.2, -0.15) is 8.78 Å². The predicted molar refractivity (Wildman–Crippen MR) is 89.6 cm³/mol. The third-order valence-corrected chi connectivity index (χ3v) is 6.15. The molecule has 3 heterocycles. The molecule has 4 atom stereocenters. The number of azide groups is 1. The Kier molecular flexibility index (Phi) is 5.02. The maximum absolute atomic E-state index is 15.1. The van der Waals surface area contributed by atoms with E-state index < -0.39 is 54.7 Å². The van der Waals surface area contributed by atoms with Crippen molar-refractivity contribution < 1.29 is 27.1 Å². The second-order valence-corrected chi connectivity index (χ2v) is 8.97. The first-order chi connectivity index (χ1) is 12.5. The predicted octanol–water partition coefficient (Wildman–Crippen LogP) is 1.77. The number of aromatic amines is 1. The third kappa shape index (κ3) is 3.45. The molecular formula is C12H14F2N5O6PS. The summed E-state index contributed by atoms with van der Waals surface area (Å²) in [5, 5.41) is 3.30. The van der Waals surface area contributed by atoms with Crippen molar-refractivity contribution in [3.8, 4) is 0 Å². The van der Waals surface area contributed by atoms with Crippen LogP contribution in [0.5, 0.6) is 0 Å². The van der Waals surface area contributed by atoms with Gasteiger partial charge in [0.2, 0.25) is 12.0 Å². The summed E-state index contributed by atoms with van der Waals surface area (Å²) >= 11 is 5.09. The Balaban J connectivity index is 2.08. The second kappa shape index (κ2) is 6.74. The summed E-state index contributed by atoms with van der Waals surface area (Å²) in [6, 6.07) is 0.868. The van der Waals surface area contributed by atoms with Crippen molar-refractivity contribution in [2.24, 2.45) is 5.11 Å². The van der Waals surface area contributed by atoms with Crippen LogP contribution in [-0.4, -0.2) is 40.0 Å². The average Bonchev–Trinajstić information content (AvgIpc) is 2.76. The van der Waals surface area contributed by atoms with E-state index in [-0.39, 0.29) is 0 Å². The summed E-state index contributed by atoms with van der Waals surface area (Å²) in [6.45, 7) is -1.01. The van der Waals surface area contributed by atoms with Crippen LogP contribution in [0.1, 0.15) is 20.1 Å². The average molecular weight is 425 g/mol. The fourth-order valence-corrected chi connectivity index (χ4v) is 5.23. The van der Waals surface area contributed by atoms with Crippen molar-refractivity contribution in [2.75, 3.05) is 6.61 Å². The van der Waals surface area contributed by atoms with E-state index in [1.54, 1.807) is 13.8 Å². The molecule has 2 fully saturated rings. The second-order valence-electron chi connectivity index (χ2n) is 6.06. The van der Waals surface area contributed by atoms with Crippen LogP contribution in [0.2, 0.25) is 0 Å². The highest BCUT2D eigenvalue weighted by atomic mass is 32.5. The number of alkyl halides is 2. The third-order valence-electron chi connectivity index (χ3n) is 3.73. The molecule has 11 nitrogen and oxygen atoms in total. The molecule has 148 valence electrons. The van der Waals surface area contributed by atoms with E-state index in [9.17, 15) is 9.59 Å². The number of aromatic nitrogens is 2. The Morgan fingerprint density at radius 1 is 1.56 bits per heavy atom. The van der Waals surface area contributed by atoms with Gasteiger partial charge in [-0.1, -0.05) is 5.11 Å². The van der Waals surface area contributed by atoms with Crippen molar-refractivity contribution >= 4 is 18.5 Å². The van der Waals surface area contributed by atoms with Crippen molar-refractivity contribution in [1.82, 2.24) is 9.55 Å². The molecule has 27 heavy (non-hydrogen) atoms. The standard InChI is InChI=1S/C12H14F2N5O6PS/c1-6(2)24-26(27)22-5-11(17-18-15)8(25-26)12(13,14)9(23-11)19-4-3-7(20)16-10(19)21/h3-4,6,8-9H,5H2,1-2H3,(H,16,20,21)/t8-,9-,11?,26?/m1/s1. The van der Waals surface area contributed by atoms with Crippen LogP contribution in [0.3, 0.4) is 0 Å². The number of hydrogen-bond donors (Lipinski definition) is 1. The fourth-order valence-electron chi connectivity index (χ4n) is 2.71. The number of H-pyrrole nitrogens is 1. The number of halogens is 2. The quantitative estimate of drug-likeness (QED) is 0.335. The maximum Gasteiger partial charge on any atom is 0.330 e. The van der Waals surface area contributed by atoms with Gasteiger partial charge >= 0.3 is 18.3 Å². The van der Waals surface area contributed by atoms with Gasteiger partial charge in [0.05, 0.1) is 12.7 Å². The van der Waals surface area contributed by atoms with Gasteiger partial charge < -0.3 is 13.8 Å². The van der Waals surface area contributed by atoms with E-state index in [1.807, 2.05) is 4.98 Å². The lowest BCUT2D eigenvalue weighted by molar-refractivity contribution is -0.140. The van der Waals surface area contributed by atoms with E-state index in [0.717, 1.165) is 12.3 Å².